The van der Waals surface area contributed by atoms with E-state index < -0.39 is 0 Å². The number of carbonyl (C=O) groups excluding carboxylic acids is 1. The van der Waals surface area contributed by atoms with Gasteiger partial charge in [0, 0.05) is 31.8 Å². The summed E-state index contributed by atoms with van der Waals surface area (Å²) in [6, 6.07) is 9.58. The van der Waals surface area contributed by atoms with Crippen molar-refractivity contribution in [2.24, 2.45) is 0 Å². The maximum atomic E-state index is 12.2. The molecular weight excluding hydrogens is 332 g/mol. The SMILES string of the molecule is CCOC1CC(CNC(=O)CCOc2ccccc2)(N2CCOCC2)C1. The molecule has 1 heterocycles. The molecule has 2 aliphatic rings. The Hall–Kier alpha value is -1.63. The van der Waals surface area contributed by atoms with Crippen molar-refractivity contribution < 1.29 is 19.0 Å². The summed E-state index contributed by atoms with van der Waals surface area (Å²) in [6.45, 7) is 7.20. The molecule has 1 N–H and O–H groups in total. The molecule has 1 amide bonds. The molecule has 1 aliphatic heterocycles. The van der Waals surface area contributed by atoms with Gasteiger partial charge >= 0.3 is 0 Å². The van der Waals surface area contributed by atoms with Gasteiger partial charge in [-0.1, -0.05) is 18.2 Å². The maximum absolute atomic E-state index is 12.2. The van der Waals surface area contributed by atoms with Gasteiger partial charge in [-0.2, -0.15) is 0 Å². The summed E-state index contributed by atoms with van der Waals surface area (Å²) in [5.74, 6) is 0.831. The van der Waals surface area contributed by atoms with Gasteiger partial charge in [-0.15, -0.1) is 0 Å². The van der Waals surface area contributed by atoms with Crippen LogP contribution in [0.15, 0.2) is 30.3 Å². The summed E-state index contributed by atoms with van der Waals surface area (Å²) in [7, 11) is 0. The fourth-order valence-corrected chi connectivity index (χ4v) is 3.82. The second-order valence-electron chi connectivity index (χ2n) is 7.00. The lowest BCUT2D eigenvalue weighted by molar-refractivity contribution is -0.134. The highest BCUT2D eigenvalue weighted by Gasteiger charge is 2.49. The van der Waals surface area contributed by atoms with Gasteiger partial charge in [0.15, 0.2) is 0 Å². The molecule has 0 radical (unpaired) electrons. The summed E-state index contributed by atoms with van der Waals surface area (Å²) in [5.41, 5.74) is 0.0135. The predicted molar refractivity (Wildman–Crippen MR) is 99.3 cm³/mol. The number of nitrogens with one attached hydrogen (secondary N) is 1. The molecule has 26 heavy (non-hydrogen) atoms. The molecule has 1 saturated heterocycles. The summed E-state index contributed by atoms with van der Waals surface area (Å²) >= 11 is 0. The van der Waals surface area contributed by atoms with E-state index in [-0.39, 0.29) is 11.4 Å². The molecule has 3 rings (SSSR count). The zero-order valence-electron chi connectivity index (χ0n) is 15.6. The van der Waals surface area contributed by atoms with Gasteiger partial charge in [-0.25, -0.2) is 0 Å². The number of benzene rings is 1. The first-order chi connectivity index (χ1) is 12.7. The Kier molecular flexibility index (Phi) is 6.88. The zero-order valence-corrected chi connectivity index (χ0v) is 15.6. The lowest BCUT2D eigenvalue weighted by Crippen LogP contribution is -2.67. The molecule has 0 aromatic heterocycles. The number of hydrogen-bond donors (Lipinski definition) is 1. The molecule has 0 bridgehead atoms. The molecular formula is C20H30N2O4. The van der Waals surface area contributed by atoms with Crippen LogP contribution < -0.4 is 10.1 Å². The number of nitrogens with zero attached hydrogens (tertiary/aromatic N) is 1. The van der Waals surface area contributed by atoms with Crippen molar-refractivity contribution in [3.63, 3.8) is 0 Å². The monoisotopic (exact) mass is 362 g/mol. The molecule has 0 atom stereocenters. The normalized spacial score (nSPS) is 26.1. The average molecular weight is 362 g/mol. The second kappa shape index (κ2) is 9.35. The third-order valence-corrected chi connectivity index (χ3v) is 5.26. The molecule has 1 saturated carbocycles. The molecule has 0 unspecified atom stereocenters. The number of morpholine rings is 1. The highest BCUT2D eigenvalue weighted by Crippen LogP contribution is 2.39. The smallest absolute Gasteiger partial charge is 0.223 e. The van der Waals surface area contributed by atoms with Gasteiger partial charge in [-0.05, 0) is 31.9 Å². The van der Waals surface area contributed by atoms with Crippen LogP contribution in [0, 0.1) is 0 Å². The Labute approximate surface area is 155 Å². The lowest BCUT2D eigenvalue weighted by Gasteiger charge is -2.55. The molecule has 6 nitrogen and oxygen atoms in total. The Bertz CT molecular complexity index is 554. The third kappa shape index (κ3) is 4.96. The van der Waals surface area contributed by atoms with Gasteiger partial charge in [0.25, 0.3) is 0 Å². The average Bonchev–Trinajstić information content (AvgIpc) is 2.65. The predicted octanol–water partition coefficient (Wildman–Crippen LogP) is 1.84. The van der Waals surface area contributed by atoms with Crippen LogP contribution in [-0.2, 0) is 14.3 Å². The van der Waals surface area contributed by atoms with E-state index in [2.05, 4.69) is 10.2 Å². The molecule has 6 heteroatoms. The third-order valence-electron chi connectivity index (χ3n) is 5.26. The van der Waals surface area contributed by atoms with Crippen LogP contribution in [-0.4, -0.2) is 68.5 Å². The number of amides is 1. The molecule has 1 aromatic rings. The zero-order chi connectivity index (χ0) is 18.2. The molecule has 1 aliphatic carbocycles. The fourth-order valence-electron chi connectivity index (χ4n) is 3.82. The van der Waals surface area contributed by atoms with Gasteiger partial charge in [0.2, 0.25) is 5.91 Å². The summed E-state index contributed by atoms with van der Waals surface area (Å²) in [4.78, 5) is 14.7. The minimum Gasteiger partial charge on any atom is -0.493 e. The lowest BCUT2D eigenvalue weighted by atomic mass is 9.72. The van der Waals surface area contributed by atoms with Crippen LogP contribution >= 0.6 is 0 Å². The van der Waals surface area contributed by atoms with E-state index >= 15 is 0 Å². The molecule has 2 fully saturated rings. The quantitative estimate of drug-likeness (QED) is 0.726. The van der Waals surface area contributed by atoms with Crippen LogP contribution in [0.4, 0.5) is 0 Å². The number of ether oxygens (including phenoxy) is 3. The van der Waals surface area contributed by atoms with Gasteiger partial charge in [0.05, 0.1) is 32.3 Å². The van der Waals surface area contributed by atoms with E-state index in [1.165, 1.54) is 0 Å². The maximum Gasteiger partial charge on any atom is 0.223 e. The minimum absolute atomic E-state index is 0.0135. The van der Waals surface area contributed by atoms with Gasteiger partial charge < -0.3 is 19.5 Å². The Balaban J connectivity index is 1.44. The van der Waals surface area contributed by atoms with Crippen molar-refractivity contribution in [1.82, 2.24) is 10.2 Å². The van der Waals surface area contributed by atoms with Crippen molar-refractivity contribution in [2.45, 2.75) is 37.8 Å². The highest BCUT2D eigenvalue weighted by molar-refractivity contribution is 5.76. The topological polar surface area (TPSA) is 60.0 Å². The molecule has 1 aromatic carbocycles. The van der Waals surface area contributed by atoms with E-state index in [0.717, 1.165) is 51.5 Å². The van der Waals surface area contributed by atoms with E-state index in [1.807, 2.05) is 37.3 Å². The van der Waals surface area contributed by atoms with Crippen molar-refractivity contribution in [1.29, 1.82) is 0 Å². The summed E-state index contributed by atoms with van der Waals surface area (Å²) < 4.78 is 16.8. The van der Waals surface area contributed by atoms with Crippen LogP contribution in [0.3, 0.4) is 0 Å². The molecule has 144 valence electrons. The second-order valence-corrected chi connectivity index (χ2v) is 7.00. The number of hydrogen-bond acceptors (Lipinski definition) is 5. The first-order valence-electron chi connectivity index (χ1n) is 9.61. The first kappa shape index (κ1) is 19.1. The number of carbonyl (C=O) groups is 1. The van der Waals surface area contributed by atoms with Crippen LogP contribution in [0.2, 0.25) is 0 Å². The van der Waals surface area contributed by atoms with Crippen LogP contribution in [0.5, 0.6) is 5.75 Å². The standard InChI is InChI=1S/C20H30N2O4/c1-2-25-18-14-20(15-18,22-9-12-24-13-10-22)16-21-19(23)8-11-26-17-6-4-3-5-7-17/h3-7,18H,2,8-16H2,1H3,(H,21,23). The van der Waals surface area contributed by atoms with Crippen LogP contribution in [0.25, 0.3) is 0 Å². The van der Waals surface area contributed by atoms with Crippen molar-refractivity contribution >= 4 is 5.91 Å². The number of rotatable bonds is 9. The van der Waals surface area contributed by atoms with Crippen molar-refractivity contribution in [2.75, 3.05) is 46.1 Å². The minimum atomic E-state index is 0.0135. The van der Waals surface area contributed by atoms with E-state index in [4.69, 9.17) is 14.2 Å². The Morgan fingerprint density at radius 3 is 2.69 bits per heavy atom. The van der Waals surface area contributed by atoms with Crippen LogP contribution in [0.1, 0.15) is 26.2 Å². The van der Waals surface area contributed by atoms with Crippen molar-refractivity contribution in [3.8, 4) is 5.75 Å². The van der Waals surface area contributed by atoms with Gasteiger partial charge in [-0.3, -0.25) is 9.69 Å². The Morgan fingerprint density at radius 2 is 2.00 bits per heavy atom. The first-order valence-corrected chi connectivity index (χ1v) is 9.61. The molecule has 0 spiro atoms. The summed E-state index contributed by atoms with van der Waals surface area (Å²) in [5, 5.41) is 3.11. The van der Waals surface area contributed by atoms with E-state index in [9.17, 15) is 4.79 Å². The van der Waals surface area contributed by atoms with E-state index in [0.29, 0.717) is 25.7 Å². The van der Waals surface area contributed by atoms with E-state index in [1.54, 1.807) is 0 Å². The fraction of sp³-hybridized carbons (Fsp3) is 0.650. The summed E-state index contributed by atoms with van der Waals surface area (Å²) in [6.07, 6.45) is 2.62. The largest absolute Gasteiger partial charge is 0.493 e. The van der Waals surface area contributed by atoms with Crippen molar-refractivity contribution in [3.05, 3.63) is 30.3 Å². The highest BCUT2D eigenvalue weighted by atomic mass is 16.5. The van der Waals surface area contributed by atoms with Gasteiger partial charge in [0.1, 0.15) is 5.75 Å². The Morgan fingerprint density at radius 1 is 1.27 bits per heavy atom. The number of para-hydroxylation sites is 1.